The number of methoxy groups -OCH3 is 4. The average molecular weight is 511 g/mol. The Morgan fingerprint density at radius 2 is 1.50 bits per heavy atom. The lowest BCUT2D eigenvalue weighted by Gasteiger charge is -2.40. The van der Waals surface area contributed by atoms with E-state index >= 15 is 0 Å². The molecule has 0 aromatic heterocycles. The van der Waals surface area contributed by atoms with Crippen molar-refractivity contribution >= 4 is 29.1 Å². The molecular weight excluding hydrogens is 484 g/mol. The van der Waals surface area contributed by atoms with Crippen molar-refractivity contribution in [2.75, 3.05) is 40.8 Å². The van der Waals surface area contributed by atoms with Gasteiger partial charge in [-0.25, -0.2) is 0 Å². The third-order valence-electron chi connectivity index (χ3n) is 6.33. The number of carbonyl (C=O) groups excluding carboxylic acids is 2. The lowest BCUT2D eigenvalue weighted by atomic mass is 9.79. The number of likely N-dealkylation sites (N-methyl/N-ethyl adjacent to an activating group) is 1. The summed E-state index contributed by atoms with van der Waals surface area (Å²) in [6, 6.07) is 15.0. The summed E-state index contributed by atoms with van der Waals surface area (Å²) < 4.78 is 21.4. The molecule has 2 amide bonds. The van der Waals surface area contributed by atoms with E-state index in [-0.39, 0.29) is 11.8 Å². The topological polar surface area (TPSA) is 86.3 Å². The molecule has 0 radical (unpaired) electrons. The minimum absolute atomic E-state index is 0.233. The summed E-state index contributed by atoms with van der Waals surface area (Å²) >= 11 is 6.28. The van der Waals surface area contributed by atoms with Crippen molar-refractivity contribution in [1.82, 2.24) is 4.90 Å². The lowest BCUT2D eigenvalue weighted by molar-refractivity contribution is -0.119. The van der Waals surface area contributed by atoms with Crippen LogP contribution in [0.5, 0.6) is 23.0 Å². The number of hydrogen-bond acceptors (Lipinski definition) is 6. The summed E-state index contributed by atoms with van der Waals surface area (Å²) in [5, 5.41) is 3.32. The van der Waals surface area contributed by atoms with E-state index in [0.717, 1.165) is 5.56 Å². The van der Waals surface area contributed by atoms with Crippen molar-refractivity contribution in [1.29, 1.82) is 0 Å². The summed E-state index contributed by atoms with van der Waals surface area (Å²) in [6.45, 7) is 0. The molecule has 4 rings (SSSR count). The Morgan fingerprint density at radius 1 is 0.861 bits per heavy atom. The predicted octanol–water partition coefficient (Wildman–Crippen LogP) is 4.92. The fraction of sp³-hybridized carbons (Fsp3) is 0.259. The highest BCUT2D eigenvalue weighted by atomic mass is 35.5. The fourth-order valence-electron chi connectivity index (χ4n) is 4.51. The Labute approximate surface area is 214 Å². The number of halogens is 1. The van der Waals surface area contributed by atoms with Crippen molar-refractivity contribution < 1.29 is 28.5 Å². The number of fused-ring (bicyclic) bond motifs is 1. The minimum atomic E-state index is -0.767. The van der Waals surface area contributed by atoms with E-state index in [1.807, 2.05) is 12.1 Å². The summed E-state index contributed by atoms with van der Waals surface area (Å²) in [5.74, 6) is 0.680. The minimum Gasteiger partial charge on any atom is -0.497 e. The molecule has 1 N–H and O–H groups in total. The lowest BCUT2D eigenvalue weighted by Crippen LogP contribution is -2.44. The number of carbonyl (C=O) groups is 2. The van der Waals surface area contributed by atoms with Gasteiger partial charge in [0, 0.05) is 18.3 Å². The van der Waals surface area contributed by atoms with E-state index in [1.165, 1.54) is 21.3 Å². The van der Waals surface area contributed by atoms with E-state index in [2.05, 4.69) is 5.32 Å². The number of amides is 2. The van der Waals surface area contributed by atoms with Crippen molar-refractivity contribution in [2.24, 2.45) is 0 Å². The molecule has 36 heavy (non-hydrogen) atoms. The second kappa shape index (κ2) is 10.4. The van der Waals surface area contributed by atoms with Gasteiger partial charge in [0.1, 0.15) is 11.5 Å². The van der Waals surface area contributed by atoms with Gasteiger partial charge in [-0.1, -0.05) is 23.7 Å². The number of ether oxygens (including phenoxy) is 4. The van der Waals surface area contributed by atoms with Crippen LogP contribution < -0.4 is 24.3 Å². The third kappa shape index (κ3) is 4.52. The van der Waals surface area contributed by atoms with E-state index in [1.54, 1.807) is 61.5 Å². The van der Waals surface area contributed by atoms with Gasteiger partial charge in [0.05, 0.1) is 45.4 Å². The summed E-state index contributed by atoms with van der Waals surface area (Å²) in [6.07, 6.45) is 0. The number of nitrogens with one attached hydrogen (secondary N) is 1. The average Bonchev–Trinajstić information content (AvgIpc) is 2.89. The summed E-state index contributed by atoms with van der Waals surface area (Å²) in [5.41, 5.74) is 2.18. The molecule has 1 aliphatic rings. The highest BCUT2D eigenvalue weighted by molar-refractivity contribution is 6.32. The molecule has 0 spiro atoms. The second-order valence-electron chi connectivity index (χ2n) is 8.24. The van der Waals surface area contributed by atoms with Crippen LogP contribution in [-0.2, 0) is 4.79 Å². The largest absolute Gasteiger partial charge is 0.497 e. The molecular formula is C27H27ClN2O6. The number of anilines is 1. The maximum absolute atomic E-state index is 13.9. The number of benzene rings is 3. The van der Waals surface area contributed by atoms with Crippen molar-refractivity contribution in [3.63, 3.8) is 0 Å². The van der Waals surface area contributed by atoms with E-state index in [0.29, 0.717) is 44.8 Å². The Balaban J connectivity index is 1.85. The molecule has 9 heteroatoms. The molecule has 0 aliphatic carbocycles. The Kier molecular flexibility index (Phi) is 7.26. The molecule has 0 bridgehead atoms. The van der Waals surface area contributed by atoms with Crippen LogP contribution in [0, 0.1) is 0 Å². The highest BCUT2D eigenvalue weighted by Gasteiger charge is 2.43. The predicted molar refractivity (Wildman–Crippen MR) is 137 cm³/mol. The van der Waals surface area contributed by atoms with Gasteiger partial charge in [-0.05, 0) is 53.6 Å². The molecule has 8 nitrogen and oxygen atoms in total. The zero-order valence-electron chi connectivity index (χ0n) is 20.6. The van der Waals surface area contributed by atoms with E-state index in [4.69, 9.17) is 30.5 Å². The molecule has 0 unspecified atom stereocenters. The zero-order valence-corrected chi connectivity index (χ0v) is 21.4. The van der Waals surface area contributed by atoms with Crippen LogP contribution in [-0.4, -0.2) is 52.2 Å². The maximum Gasteiger partial charge on any atom is 0.254 e. The van der Waals surface area contributed by atoms with E-state index < -0.39 is 12.0 Å². The van der Waals surface area contributed by atoms with Crippen LogP contribution in [0.2, 0.25) is 5.02 Å². The van der Waals surface area contributed by atoms with E-state index in [9.17, 15) is 9.59 Å². The molecule has 3 aromatic carbocycles. The first-order chi connectivity index (χ1) is 17.3. The Hall–Kier alpha value is -3.91. The normalized spacial score (nSPS) is 16.7. The maximum atomic E-state index is 13.9. The van der Waals surface area contributed by atoms with Gasteiger partial charge in [-0.2, -0.15) is 0 Å². The van der Waals surface area contributed by atoms with Gasteiger partial charge in [0.25, 0.3) is 5.91 Å². The van der Waals surface area contributed by atoms with Gasteiger partial charge in [0.15, 0.2) is 11.5 Å². The molecule has 0 saturated heterocycles. The van der Waals surface area contributed by atoms with Crippen molar-refractivity contribution in [3.8, 4) is 23.0 Å². The number of nitrogens with zero attached hydrogens (tertiary/aromatic N) is 1. The fourth-order valence-corrected chi connectivity index (χ4v) is 4.77. The molecule has 1 heterocycles. The van der Waals surface area contributed by atoms with Gasteiger partial charge >= 0.3 is 0 Å². The number of hydrogen-bond donors (Lipinski definition) is 1. The molecule has 3 aromatic rings. The summed E-state index contributed by atoms with van der Waals surface area (Å²) in [4.78, 5) is 28.9. The Morgan fingerprint density at radius 3 is 2.08 bits per heavy atom. The molecule has 2 atom stereocenters. The van der Waals surface area contributed by atoms with Crippen LogP contribution in [0.3, 0.4) is 0 Å². The highest BCUT2D eigenvalue weighted by Crippen LogP contribution is 2.46. The van der Waals surface area contributed by atoms with Gasteiger partial charge in [0.2, 0.25) is 5.91 Å². The smallest absolute Gasteiger partial charge is 0.254 e. The zero-order chi connectivity index (χ0) is 26.0. The number of rotatable bonds is 7. The van der Waals surface area contributed by atoms with Gasteiger partial charge in [-0.3, -0.25) is 9.59 Å². The monoisotopic (exact) mass is 510 g/mol. The van der Waals surface area contributed by atoms with Crippen molar-refractivity contribution in [2.45, 2.75) is 12.0 Å². The summed E-state index contributed by atoms with van der Waals surface area (Å²) in [7, 11) is 7.79. The van der Waals surface area contributed by atoms with Crippen LogP contribution in [0.4, 0.5) is 5.69 Å². The Bertz CT molecular complexity index is 1290. The van der Waals surface area contributed by atoms with Crippen LogP contribution >= 0.6 is 11.6 Å². The first kappa shape index (κ1) is 25.2. The molecule has 1 aliphatic heterocycles. The third-order valence-corrected chi connectivity index (χ3v) is 6.63. The van der Waals surface area contributed by atoms with Crippen LogP contribution in [0.1, 0.15) is 33.4 Å². The second-order valence-corrected chi connectivity index (χ2v) is 8.65. The first-order valence-corrected chi connectivity index (χ1v) is 11.5. The van der Waals surface area contributed by atoms with Crippen molar-refractivity contribution in [3.05, 3.63) is 76.3 Å². The SMILES string of the molecule is COc1ccc([C@@H]2[C@@H](C(=O)Nc3ccc(OC)c(Cl)c3)c3cc(OC)c(OC)cc3C(=O)N2C)cc1. The molecule has 0 fully saturated rings. The van der Waals surface area contributed by atoms with Gasteiger partial charge < -0.3 is 29.2 Å². The quantitative estimate of drug-likeness (QED) is 0.485. The molecule has 0 saturated carbocycles. The van der Waals surface area contributed by atoms with Gasteiger partial charge in [-0.15, -0.1) is 0 Å². The van der Waals surface area contributed by atoms with Crippen LogP contribution in [0.25, 0.3) is 0 Å². The standard InChI is InChI=1S/C27H27ClN2O6/c1-30-25(15-6-9-17(33-2)10-7-15)24(26(31)29-16-8-11-21(34-3)20(28)12-16)18-13-22(35-4)23(36-5)14-19(18)27(30)32/h6-14,24-25H,1-5H3,(H,29,31)/t24-,25+/m0/s1. The first-order valence-electron chi connectivity index (χ1n) is 11.1. The van der Waals surface area contributed by atoms with Crippen LogP contribution in [0.15, 0.2) is 54.6 Å². The molecule has 188 valence electrons.